The Morgan fingerprint density at radius 2 is 1.67 bits per heavy atom. The molecular weight excluding hydrogens is 268 g/mol. The number of benzene rings is 2. The van der Waals surface area contributed by atoms with Crippen molar-refractivity contribution in [2.45, 2.75) is 32.7 Å². The molecule has 0 amide bonds. The van der Waals surface area contributed by atoms with Gasteiger partial charge in [0.2, 0.25) is 0 Å². The lowest BCUT2D eigenvalue weighted by atomic mass is 9.94. The fourth-order valence-corrected chi connectivity index (χ4v) is 2.52. The first kappa shape index (κ1) is 15.6. The number of nitrogens with one attached hydrogen (secondary N) is 1. The van der Waals surface area contributed by atoms with Gasteiger partial charge in [-0.2, -0.15) is 0 Å². The first-order valence-electron chi connectivity index (χ1n) is 7.35. The van der Waals surface area contributed by atoms with Crippen molar-refractivity contribution in [1.82, 2.24) is 5.32 Å². The van der Waals surface area contributed by atoms with Crippen molar-refractivity contribution >= 4 is 0 Å². The van der Waals surface area contributed by atoms with Crippen LogP contribution in [0.2, 0.25) is 0 Å². The molecule has 0 saturated carbocycles. The number of aryl methyl sites for hydroxylation is 1. The molecule has 3 heteroatoms. The van der Waals surface area contributed by atoms with E-state index >= 15 is 0 Å². The molecule has 0 fully saturated rings. The normalized spacial score (nSPS) is 12.4. The summed E-state index contributed by atoms with van der Waals surface area (Å²) in [7, 11) is 0. The maximum absolute atomic E-state index is 13.9. The van der Waals surface area contributed by atoms with Crippen LogP contribution in [0, 0.1) is 18.6 Å². The van der Waals surface area contributed by atoms with Gasteiger partial charge in [-0.05, 0) is 49.6 Å². The van der Waals surface area contributed by atoms with E-state index in [1.807, 2.05) is 31.2 Å². The molecule has 1 atom stereocenters. The van der Waals surface area contributed by atoms with Gasteiger partial charge in [0.25, 0.3) is 0 Å². The van der Waals surface area contributed by atoms with Crippen molar-refractivity contribution in [2.24, 2.45) is 0 Å². The van der Waals surface area contributed by atoms with Gasteiger partial charge in [-0.1, -0.05) is 37.3 Å². The second-order valence-electron chi connectivity index (χ2n) is 5.27. The predicted octanol–water partition coefficient (Wildman–Crippen LogP) is 4.56. The van der Waals surface area contributed by atoms with Gasteiger partial charge in [-0.3, -0.25) is 0 Å². The Kier molecular flexibility index (Phi) is 5.45. The van der Waals surface area contributed by atoms with E-state index in [0.717, 1.165) is 24.1 Å². The van der Waals surface area contributed by atoms with Gasteiger partial charge in [-0.15, -0.1) is 0 Å². The van der Waals surface area contributed by atoms with Crippen LogP contribution in [0.3, 0.4) is 0 Å². The summed E-state index contributed by atoms with van der Waals surface area (Å²) in [5.41, 5.74) is 2.37. The fraction of sp³-hybridized carbons (Fsp3) is 0.333. The van der Waals surface area contributed by atoms with Gasteiger partial charge in [0, 0.05) is 11.6 Å². The molecule has 0 aliphatic heterocycles. The van der Waals surface area contributed by atoms with Crippen molar-refractivity contribution < 1.29 is 8.78 Å². The Hall–Kier alpha value is -1.74. The van der Waals surface area contributed by atoms with E-state index in [-0.39, 0.29) is 11.6 Å². The molecule has 0 radical (unpaired) electrons. The fourth-order valence-electron chi connectivity index (χ4n) is 2.52. The second kappa shape index (κ2) is 7.32. The van der Waals surface area contributed by atoms with Crippen LogP contribution >= 0.6 is 0 Å². The summed E-state index contributed by atoms with van der Waals surface area (Å²) in [6, 6.07) is 11.9. The second-order valence-corrected chi connectivity index (χ2v) is 5.27. The van der Waals surface area contributed by atoms with Crippen molar-refractivity contribution in [2.75, 3.05) is 6.54 Å². The van der Waals surface area contributed by atoms with Crippen LogP contribution in [0.25, 0.3) is 0 Å². The Labute approximate surface area is 125 Å². The third-order valence-electron chi connectivity index (χ3n) is 3.67. The smallest absolute Gasteiger partial charge is 0.129 e. The molecule has 2 aromatic rings. The number of rotatable bonds is 6. The van der Waals surface area contributed by atoms with Gasteiger partial charge in [0.1, 0.15) is 11.6 Å². The average molecular weight is 289 g/mol. The van der Waals surface area contributed by atoms with E-state index in [1.54, 1.807) is 0 Å². The van der Waals surface area contributed by atoms with Gasteiger partial charge >= 0.3 is 0 Å². The summed E-state index contributed by atoms with van der Waals surface area (Å²) in [6.45, 7) is 4.91. The highest BCUT2D eigenvalue weighted by atomic mass is 19.1. The minimum Gasteiger partial charge on any atom is -0.310 e. The zero-order valence-electron chi connectivity index (χ0n) is 12.5. The number of hydrogen-bond donors (Lipinski definition) is 1. The van der Waals surface area contributed by atoms with Gasteiger partial charge in [0.05, 0.1) is 0 Å². The topological polar surface area (TPSA) is 12.0 Å². The summed E-state index contributed by atoms with van der Waals surface area (Å²) in [6.07, 6.45) is 1.28. The molecule has 0 bridgehead atoms. The lowest BCUT2D eigenvalue weighted by Crippen LogP contribution is -2.25. The molecule has 0 aliphatic rings. The number of halogens is 2. The zero-order chi connectivity index (χ0) is 15.2. The number of hydrogen-bond acceptors (Lipinski definition) is 1. The molecule has 1 nitrogen and oxygen atoms in total. The van der Waals surface area contributed by atoms with Crippen LogP contribution in [0.4, 0.5) is 8.78 Å². The van der Waals surface area contributed by atoms with E-state index in [2.05, 4.69) is 12.2 Å². The Morgan fingerprint density at radius 3 is 2.29 bits per heavy atom. The maximum Gasteiger partial charge on any atom is 0.129 e. The highest BCUT2D eigenvalue weighted by Crippen LogP contribution is 2.24. The van der Waals surface area contributed by atoms with Crippen LogP contribution in [0.5, 0.6) is 0 Å². The maximum atomic E-state index is 13.9. The highest BCUT2D eigenvalue weighted by Gasteiger charge is 2.18. The first-order valence-corrected chi connectivity index (χ1v) is 7.35. The standard InChI is InChI=1S/C18H21F2N/c1-3-11-21-18(14-8-5-4-7-13(14)2)12-15-16(19)9-6-10-17(15)20/h4-10,18,21H,3,11-12H2,1-2H3. The molecule has 2 rings (SSSR count). The van der Waals surface area contributed by atoms with Crippen molar-refractivity contribution in [3.63, 3.8) is 0 Å². The van der Waals surface area contributed by atoms with E-state index < -0.39 is 11.6 Å². The van der Waals surface area contributed by atoms with Crippen LogP contribution < -0.4 is 5.32 Å². The van der Waals surface area contributed by atoms with E-state index in [4.69, 9.17) is 0 Å². The van der Waals surface area contributed by atoms with E-state index in [0.29, 0.717) is 6.42 Å². The largest absolute Gasteiger partial charge is 0.310 e. The van der Waals surface area contributed by atoms with Crippen LogP contribution in [-0.2, 0) is 6.42 Å². The molecule has 0 aliphatic carbocycles. The molecule has 0 aromatic heterocycles. The van der Waals surface area contributed by atoms with Gasteiger partial charge in [0.15, 0.2) is 0 Å². The summed E-state index contributed by atoms with van der Waals surface area (Å²) < 4.78 is 27.8. The summed E-state index contributed by atoms with van der Waals surface area (Å²) in [5, 5.41) is 3.40. The Bertz CT molecular complexity index is 575. The Balaban J connectivity index is 2.31. The molecule has 0 heterocycles. The zero-order valence-corrected chi connectivity index (χ0v) is 12.5. The first-order chi connectivity index (χ1) is 10.1. The quantitative estimate of drug-likeness (QED) is 0.822. The van der Waals surface area contributed by atoms with E-state index in [9.17, 15) is 8.78 Å². The van der Waals surface area contributed by atoms with E-state index in [1.165, 1.54) is 18.2 Å². The third kappa shape index (κ3) is 3.88. The predicted molar refractivity (Wildman–Crippen MR) is 82.3 cm³/mol. The molecule has 112 valence electrons. The molecule has 2 aromatic carbocycles. The molecule has 0 saturated heterocycles. The molecule has 1 unspecified atom stereocenters. The minimum absolute atomic E-state index is 0.0856. The SMILES string of the molecule is CCCNC(Cc1c(F)cccc1F)c1ccccc1C. The van der Waals surface area contributed by atoms with Crippen molar-refractivity contribution in [3.8, 4) is 0 Å². The summed E-state index contributed by atoms with van der Waals surface area (Å²) in [5.74, 6) is -0.959. The highest BCUT2D eigenvalue weighted by molar-refractivity contribution is 5.31. The lowest BCUT2D eigenvalue weighted by Gasteiger charge is -2.21. The molecule has 21 heavy (non-hydrogen) atoms. The van der Waals surface area contributed by atoms with Crippen molar-refractivity contribution in [1.29, 1.82) is 0 Å². The summed E-state index contributed by atoms with van der Waals surface area (Å²) >= 11 is 0. The average Bonchev–Trinajstić information content (AvgIpc) is 2.47. The van der Waals surface area contributed by atoms with Crippen LogP contribution in [0.15, 0.2) is 42.5 Å². The third-order valence-corrected chi connectivity index (χ3v) is 3.67. The molecular formula is C18H21F2N. The van der Waals surface area contributed by atoms with Crippen molar-refractivity contribution in [3.05, 3.63) is 70.8 Å². The monoisotopic (exact) mass is 289 g/mol. The molecule has 1 N–H and O–H groups in total. The lowest BCUT2D eigenvalue weighted by molar-refractivity contribution is 0.489. The minimum atomic E-state index is -0.480. The van der Waals surface area contributed by atoms with Gasteiger partial charge in [-0.25, -0.2) is 8.78 Å². The summed E-state index contributed by atoms with van der Waals surface area (Å²) in [4.78, 5) is 0. The van der Waals surface area contributed by atoms with Crippen LogP contribution in [0.1, 0.15) is 36.1 Å². The van der Waals surface area contributed by atoms with Gasteiger partial charge < -0.3 is 5.32 Å². The Morgan fingerprint density at radius 1 is 1.00 bits per heavy atom. The van der Waals surface area contributed by atoms with Crippen LogP contribution in [-0.4, -0.2) is 6.54 Å². The molecule has 0 spiro atoms.